The summed E-state index contributed by atoms with van der Waals surface area (Å²) >= 11 is 0. The van der Waals surface area contributed by atoms with Crippen molar-refractivity contribution >= 4 is 64.6 Å². The maximum atomic E-state index is 2.51. The van der Waals surface area contributed by atoms with Gasteiger partial charge in [0.25, 0.3) is 0 Å². The van der Waals surface area contributed by atoms with Gasteiger partial charge in [0.1, 0.15) is 0 Å². The molecule has 0 atom stereocenters. The molecule has 10 aromatic rings. The minimum Gasteiger partial charge on any atom is -0.0616 e. The lowest BCUT2D eigenvalue weighted by Gasteiger charge is -2.25. The topological polar surface area (TPSA) is 0 Å². The normalized spacial score (nSPS) is 13.7. The molecule has 228 valence electrons. The van der Waals surface area contributed by atoms with Crippen LogP contribution < -0.4 is 0 Å². The van der Waals surface area contributed by atoms with E-state index in [2.05, 4.69) is 172 Å². The summed E-state index contributed by atoms with van der Waals surface area (Å²) in [5.41, 5.74) is 10.5. The van der Waals surface area contributed by atoms with E-state index in [0.717, 1.165) is 0 Å². The van der Waals surface area contributed by atoms with Crippen LogP contribution in [0.5, 0.6) is 0 Å². The van der Waals surface area contributed by atoms with E-state index in [1.54, 1.807) is 0 Å². The molecule has 0 aliphatic heterocycles. The number of hydrogen-bond donors (Lipinski definition) is 0. The predicted molar refractivity (Wildman–Crippen MR) is 211 cm³/mol. The fourth-order valence-corrected chi connectivity index (χ4v) is 9.52. The Bertz CT molecular complexity index is 2990. The van der Waals surface area contributed by atoms with Crippen LogP contribution in [0, 0.1) is 0 Å². The van der Waals surface area contributed by atoms with Crippen LogP contribution >= 0.6 is 0 Å². The second kappa shape index (κ2) is 9.56. The van der Waals surface area contributed by atoms with Crippen molar-refractivity contribution in [2.24, 2.45) is 0 Å². The van der Waals surface area contributed by atoms with E-state index in [4.69, 9.17) is 0 Å². The molecule has 0 bridgehead atoms. The maximum absolute atomic E-state index is 2.51. The number of fused-ring (bicyclic) bond motifs is 10. The van der Waals surface area contributed by atoms with Gasteiger partial charge in [-0.15, -0.1) is 0 Å². The molecule has 1 aliphatic carbocycles. The van der Waals surface area contributed by atoms with Crippen molar-refractivity contribution < 1.29 is 0 Å². The molecule has 0 spiro atoms. The lowest BCUT2D eigenvalue weighted by molar-refractivity contribution is 0.672. The zero-order valence-electron chi connectivity index (χ0n) is 27.5. The molecule has 0 radical (unpaired) electrons. The molecule has 0 nitrogen and oxygen atoms in total. The fourth-order valence-electron chi connectivity index (χ4n) is 9.52. The SMILES string of the molecule is CC1(C)c2c(cc(-c3cccc(-c4ccc5ccc6cccc7ccc4c5c67)c3)c3ccccc23)-c2c1c1ccccc1c1ccccc21. The zero-order chi connectivity index (χ0) is 32.4. The molecular weight excluding hydrogens is 589 g/mol. The van der Waals surface area contributed by atoms with Gasteiger partial charge in [0.15, 0.2) is 0 Å². The van der Waals surface area contributed by atoms with E-state index in [9.17, 15) is 0 Å². The first-order valence-corrected chi connectivity index (χ1v) is 17.4. The molecule has 0 aromatic heterocycles. The number of rotatable bonds is 2. The third-order valence-electron chi connectivity index (χ3n) is 11.5. The molecule has 49 heavy (non-hydrogen) atoms. The Morgan fingerprint density at radius 1 is 0.327 bits per heavy atom. The average molecular weight is 621 g/mol. The van der Waals surface area contributed by atoms with Gasteiger partial charge in [0, 0.05) is 5.41 Å². The van der Waals surface area contributed by atoms with Crippen molar-refractivity contribution in [2.45, 2.75) is 19.3 Å². The van der Waals surface area contributed by atoms with Gasteiger partial charge in [-0.25, -0.2) is 0 Å². The van der Waals surface area contributed by atoms with Gasteiger partial charge in [-0.05, 0) is 121 Å². The van der Waals surface area contributed by atoms with Crippen LogP contribution in [0.15, 0.2) is 158 Å². The highest BCUT2D eigenvalue weighted by Crippen LogP contribution is 2.57. The summed E-state index contributed by atoms with van der Waals surface area (Å²) in [7, 11) is 0. The van der Waals surface area contributed by atoms with Crippen molar-refractivity contribution in [3.05, 3.63) is 169 Å². The second-order valence-corrected chi connectivity index (χ2v) is 14.4. The summed E-state index contributed by atoms with van der Waals surface area (Å²) in [4.78, 5) is 0. The largest absolute Gasteiger partial charge is 0.0616 e. The standard InChI is InChI=1S/C49H32/c1-49(2)47-40-19-7-5-17-37(40)42(28-43(47)46-38-18-6-3-15-35(38)36-16-4-8-20-41(36)48(46)49)33-14-10-13-32(27-33)34-25-23-31-22-21-29-11-9-12-30-24-26-39(34)45(31)44(29)30/h3-28H,1-2H3. The van der Waals surface area contributed by atoms with Crippen molar-refractivity contribution in [1.82, 2.24) is 0 Å². The summed E-state index contributed by atoms with van der Waals surface area (Å²) in [6.45, 7) is 4.86. The summed E-state index contributed by atoms with van der Waals surface area (Å²) in [5.74, 6) is 0. The molecule has 0 heteroatoms. The molecule has 0 N–H and O–H groups in total. The van der Waals surface area contributed by atoms with Crippen molar-refractivity contribution in [3.8, 4) is 33.4 Å². The predicted octanol–water partition coefficient (Wildman–Crippen LogP) is 13.7. The maximum Gasteiger partial charge on any atom is 0.0171 e. The van der Waals surface area contributed by atoms with Crippen LogP contribution in [0.1, 0.15) is 25.0 Å². The monoisotopic (exact) mass is 620 g/mol. The number of benzene rings is 10. The first kappa shape index (κ1) is 27.0. The Morgan fingerprint density at radius 3 is 1.59 bits per heavy atom. The van der Waals surface area contributed by atoms with E-state index < -0.39 is 0 Å². The van der Waals surface area contributed by atoms with E-state index in [1.165, 1.54) is 109 Å². The molecule has 11 rings (SSSR count). The molecular formula is C49H32. The van der Waals surface area contributed by atoms with Gasteiger partial charge in [-0.2, -0.15) is 0 Å². The van der Waals surface area contributed by atoms with Gasteiger partial charge >= 0.3 is 0 Å². The Morgan fingerprint density at radius 2 is 0.857 bits per heavy atom. The van der Waals surface area contributed by atoms with Gasteiger partial charge in [-0.3, -0.25) is 0 Å². The summed E-state index contributed by atoms with van der Waals surface area (Å²) in [6, 6.07) is 59.2. The van der Waals surface area contributed by atoms with Crippen molar-refractivity contribution in [3.63, 3.8) is 0 Å². The molecule has 0 fully saturated rings. The van der Waals surface area contributed by atoms with E-state index in [-0.39, 0.29) is 5.41 Å². The average Bonchev–Trinajstić information content (AvgIpc) is 3.40. The molecule has 1 aliphatic rings. The fraction of sp³-hybridized carbons (Fsp3) is 0.0612. The second-order valence-electron chi connectivity index (χ2n) is 14.4. The van der Waals surface area contributed by atoms with E-state index >= 15 is 0 Å². The Balaban J connectivity index is 1.20. The molecule has 0 heterocycles. The quantitative estimate of drug-likeness (QED) is 0.169. The van der Waals surface area contributed by atoms with Crippen LogP contribution in [0.2, 0.25) is 0 Å². The van der Waals surface area contributed by atoms with Crippen LogP contribution in [-0.4, -0.2) is 0 Å². The minimum atomic E-state index is -0.157. The van der Waals surface area contributed by atoms with Crippen molar-refractivity contribution in [2.75, 3.05) is 0 Å². The lowest BCUT2D eigenvalue weighted by atomic mass is 9.77. The first-order chi connectivity index (χ1) is 24.1. The van der Waals surface area contributed by atoms with Gasteiger partial charge in [0.2, 0.25) is 0 Å². The van der Waals surface area contributed by atoms with Crippen LogP contribution in [0.25, 0.3) is 98.0 Å². The third-order valence-corrected chi connectivity index (χ3v) is 11.5. The Labute approximate surface area is 285 Å². The third kappa shape index (κ3) is 3.53. The van der Waals surface area contributed by atoms with E-state index in [1.807, 2.05) is 0 Å². The highest BCUT2D eigenvalue weighted by molar-refractivity contribution is 6.26. The zero-order valence-corrected chi connectivity index (χ0v) is 27.5. The number of hydrogen-bond acceptors (Lipinski definition) is 0. The van der Waals surface area contributed by atoms with Gasteiger partial charge in [0.05, 0.1) is 0 Å². The highest BCUT2D eigenvalue weighted by atomic mass is 14.4. The summed E-state index contributed by atoms with van der Waals surface area (Å²) in [5, 5.41) is 15.9. The van der Waals surface area contributed by atoms with Gasteiger partial charge < -0.3 is 0 Å². The smallest absolute Gasteiger partial charge is 0.0171 e. The molecule has 0 unspecified atom stereocenters. The molecule has 10 aromatic carbocycles. The summed E-state index contributed by atoms with van der Waals surface area (Å²) < 4.78 is 0. The Hall–Kier alpha value is -5.98. The van der Waals surface area contributed by atoms with Crippen LogP contribution in [-0.2, 0) is 5.41 Å². The molecule has 0 saturated heterocycles. The highest BCUT2D eigenvalue weighted by Gasteiger charge is 2.40. The summed E-state index contributed by atoms with van der Waals surface area (Å²) in [6.07, 6.45) is 0. The van der Waals surface area contributed by atoms with Gasteiger partial charge in [-0.1, -0.05) is 159 Å². The van der Waals surface area contributed by atoms with Crippen LogP contribution in [0.3, 0.4) is 0 Å². The van der Waals surface area contributed by atoms with Crippen LogP contribution in [0.4, 0.5) is 0 Å². The molecule has 0 amide bonds. The molecule has 0 saturated carbocycles. The Kier molecular flexibility index (Phi) is 5.27. The minimum absolute atomic E-state index is 0.157. The van der Waals surface area contributed by atoms with E-state index in [0.29, 0.717) is 0 Å². The lowest BCUT2D eigenvalue weighted by Crippen LogP contribution is -2.16. The van der Waals surface area contributed by atoms with Crippen molar-refractivity contribution in [1.29, 1.82) is 0 Å². The first-order valence-electron chi connectivity index (χ1n) is 17.4.